The zero-order valence-corrected chi connectivity index (χ0v) is 15.1. The number of ether oxygens (including phenoxy) is 2. The second-order valence-electron chi connectivity index (χ2n) is 5.82. The molecular formula is C21H27NO3. The molecule has 0 aliphatic carbocycles. The maximum atomic E-state index is 12.6. The van der Waals surface area contributed by atoms with Crippen molar-refractivity contribution in [2.45, 2.75) is 39.5 Å². The number of benzene rings is 2. The van der Waals surface area contributed by atoms with Gasteiger partial charge in [-0.25, -0.2) is 0 Å². The van der Waals surface area contributed by atoms with E-state index in [-0.39, 0.29) is 5.91 Å². The molecule has 0 aliphatic rings. The molecule has 0 spiro atoms. The number of carbonyl (C=O) groups is 1. The van der Waals surface area contributed by atoms with E-state index >= 15 is 0 Å². The minimum absolute atomic E-state index is 0.183. The smallest absolute Gasteiger partial charge is 0.259 e. The molecule has 0 radical (unpaired) electrons. The summed E-state index contributed by atoms with van der Waals surface area (Å²) in [5.74, 6) is 1.18. The number of rotatable bonds is 10. The molecule has 4 nitrogen and oxygen atoms in total. The fourth-order valence-electron chi connectivity index (χ4n) is 2.52. The molecule has 0 saturated heterocycles. The van der Waals surface area contributed by atoms with Crippen LogP contribution in [0.4, 0.5) is 5.69 Å². The van der Waals surface area contributed by atoms with Crippen molar-refractivity contribution in [1.29, 1.82) is 0 Å². The first-order valence-electron chi connectivity index (χ1n) is 9.00. The van der Waals surface area contributed by atoms with E-state index in [4.69, 9.17) is 9.47 Å². The number of hydrogen-bond donors (Lipinski definition) is 1. The SMILES string of the molecule is CCCCCCOc1ccccc1C(=O)Nc1cccc(OCC)c1. The van der Waals surface area contributed by atoms with Gasteiger partial charge in [-0.3, -0.25) is 4.79 Å². The highest BCUT2D eigenvalue weighted by Crippen LogP contribution is 2.22. The topological polar surface area (TPSA) is 47.6 Å². The molecular weight excluding hydrogens is 314 g/mol. The molecule has 2 aromatic carbocycles. The number of amides is 1. The highest BCUT2D eigenvalue weighted by atomic mass is 16.5. The summed E-state index contributed by atoms with van der Waals surface area (Å²) in [6, 6.07) is 14.7. The molecule has 0 heterocycles. The van der Waals surface area contributed by atoms with Gasteiger partial charge >= 0.3 is 0 Å². The van der Waals surface area contributed by atoms with Gasteiger partial charge < -0.3 is 14.8 Å². The summed E-state index contributed by atoms with van der Waals surface area (Å²) in [5.41, 5.74) is 1.24. The Morgan fingerprint density at radius 2 is 1.80 bits per heavy atom. The quantitative estimate of drug-likeness (QED) is 0.597. The second-order valence-corrected chi connectivity index (χ2v) is 5.82. The van der Waals surface area contributed by atoms with Crippen molar-refractivity contribution in [3.63, 3.8) is 0 Å². The van der Waals surface area contributed by atoms with Crippen LogP contribution in [0.15, 0.2) is 48.5 Å². The Morgan fingerprint density at radius 1 is 0.960 bits per heavy atom. The molecule has 0 aliphatic heterocycles. The second kappa shape index (κ2) is 10.4. The molecule has 0 atom stereocenters. The maximum absolute atomic E-state index is 12.6. The van der Waals surface area contributed by atoms with Gasteiger partial charge in [0.15, 0.2) is 0 Å². The van der Waals surface area contributed by atoms with E-state index in [9.17, 15) is 4.79 Å². The van der Waals surface area contributed by atoms with E-state index in [0.29, 0.717) is 30.2 Å². The van der Waals surface area contributed by atoms with Crippen LogP contribution in [0.3, 0.4) is 0 Å². The van der Waals surface area contributed by atoms with Crippen molar-refractivity contribution >= 4 is 11.6 Å². The Kier molecular flexibility index (Phi) is 7.83. The molecule has 0 saturated carbocycles. The number of nitrogens with one attached hydrogen (secondary N) is 1. The van der Waals surface area contributed by atoms with Crippen LogP contribution in [0.5, 0.6) is 11.5 Å². The van der Waals surface area contributed by atoms with E-state index in [1.807, 2.05) is 49.4 Å². The van der Waals surface area contributed by atoms with Crippen molar-refractivity contribution in [3.05, 3.63) is 54.1 Å². The van der Waals surface area contributed by atoms with Crippen molar-refractivity contribution in [1.82, 2.24) is 0 Å². The summed E-state index contributed by atoms with van der Waals surface area (Å²) in [6.07, 6.45) is 4.55. The summed E-state index contributed by atoms with van der Waals surface area (Å²) < 4.78 is 11.3. The summed E-state index contributed by atoms with van der Waals surface area (Å²) in [5, 5.41) is 2.91. The number of para-hydroxylation sites is 1. The lowest BCUT2D eigenvalue weighted by Gasteiger charge is -2.12. The molecule has 0 fully saturated rings. The molecule has 25 heavy (non-hydrogen) atoms. The van der Waals surface area contributed by atoms with Crippen LogP contribution >= 0.6 is 0 Å². The third-order valence-electron chi connectivity index (χ3n) is 3.79. The van der Waals surface area contributed by atoms with Gasteiger partial charge in [0, 0.05) is 11.8 Å². The molecule has 2 rings (SSSR count). The predicted molar refractivity (Wildman–Crippen MR) is 102 cm³/mol. The van der Waals surface area contributed by atoms with E-state index in [1.165, 1.54) is 12.8 Å². The number of anilines is 1. The number of hydrogen-bond acceptors (Lipinski definition) is 3. The van der Waals surface area contributed by atoms with Crippen LogP contribution in [-0.2, 0) is 0 Å². The molecule has 4 heteroatoms. The van der Waals surface area contributed by atoms with Crippen molar-refractivity contribution in [3.8, 4) is 11.5 Å². The fourth-order valence-corrected chi connectivity index (χ4v) is 2.52. The Balaban J connectivity index is 2.00. The normalized spacial score (nSPS) is 10.3. The zero-order valence-electron chi connectivity index (χ0n) is 15.1. The number of unbranched alkanes of at least 4 members (excludes halogenated alkanes) is 3. The van der Waals surface area contributed by atoms with E-state index in [2.05, 4.69) is 12.2 Å². The van der Waals surface area contributed by atoms with Gasteiger partial charge in [0.1, 0.15) is 11.5 Å². The van der Waals surface area contributed by atoms with Crippen LogP contribution in [0.2, 0.25) is 0 Å². The average molecular weight is 341 g/mol. The molecule has 1 N–H and O–H groups in total. The Labute approximate surface area is 150 Å². The Bertz CT molecular complexity index is 670. The summed E-state index contributed by atoms with van der Waals surface area (Å²) in [6.45, 7) is 5.33. The lowest BCUT2D eigenvalue weighted by molar-refractivity contribution is 0.102. The van der Waals surface area contributed by atoms with Gasteiger partial charge in [-0.05, 0) is 37.6 Å². The van der Waals surface area contributed by atoms with Gasteiger partial charge in [-0.15, -0.1) is 0 Å². The lowest BCUT2D eigenvalue weighted by Crippen LogP contribution is -2.14. The predicted octanol–water partition coefficient (Wildman–Crippen LogP) is 5.30. The Hall–Kier alpha value is -2.49. The maximum Gasteiger partial charge on any atom is 0.259 e. The summed E-state index contributed by atoms with van der Waals surface area (Å²) >= 11 is 0. The first-order valence-corrected chi connectivity index (χ1v) is 9.00. The molecule has 2 aromatic rings. The minimum Gasteiger partial charge on any atom is -0.494 e. The van der Waals surface area contributed by atoms with E-state index < -0.39 is 0 Å². The van der Waals surface area contributed by atoms with E-state index in [1.54, 1.807) is 6.07 Å². The van der Waals surface area contributed by atoms with Crippen molar-refractivity contribution in [2.24, 2.45) is 0 Å². The largest absolute Gasteiger partial charge is 0.494 e. The van der Waals surface area contributed by atoms with Crippen molar-refractivity contribution in [2.75, 3.05) is 18.5 Å². The highest BCUT2D eigenvalue weighted by Gasteiger charge is 2.12. The van der Waals surface area contributed by atoms with Crippen LogP contribution in [0, 0.1) is 0 Å². The van der Waals surface area contributed by atoms with Gasteiger partial charge in [0.2, 0.25) is 0 Å². The molecule has 1 amide bonds. The van der Waals surface area contributed by atoms with Crippen LogP contribution < -0.4 is 14.8 Å². The third kappa shape index (κ3) is 6.14. The molecule has 0 bridgehead atoms. The fraction of sp³-hybridized carbons (Fsp3) is 0.381. The molecule has 134 valence electrons. The first-order chi connectivity index (χ1) is 12.2. The zero-order chi connectivity index (χ0) is 17.9. The monoisotopic (exact) mass is 341 g/mol. The van der Waals surface area contributed by atoms with Gasteiger partial charge in [-0.1, -0.05) is 44.4 Å². The minimum atomic E-state index is -0.183. The van der Waals surface area contributed by atoms with Crippen LogP contribution in [0.25, 0.3) is 0 Å². The van der Waals surface area contributed by atoms with Gasteiger partial charge in [0.05, 0.1) is 18.8 Å². The first kappa shape index (κ1) is 18.8. The van der Waals surface area contributed by atoms with Gasteiger partial charge in [0.25, 0.3) is 5.91 Å². The van der Waals surface area contributed by atoms with Crippen LogP contribution in [0.1, 0.15) is 49.9 Å². The van der Waals surface area contributed by atoms with E-state index in [0.717, 1.165) is 18.6 Å². The third-order valence-corrected chi connectivity index (χ3v) is 3.79. The van der Waals surface area contributed by atoms with Crippen molar-refractivity contribution < 1.29 is 14.3 Å². The summed E-state index contributed by atoms with van der Waals surface area (Å²) in [4.78, 5) is 12.6. The number of carbonyl (C=O) groups excluding carboxylic acids is 1. The molecule has 0 aromatic heterocycles. The summed E-state index contributed by atoms with van der Waals surface area (Å²) in [7, 11) is 0. The average Bonchev–Trinajstić information content (AvgIpc) is 2.62. The Morgan fingerprint density at radius 3 is 2.60 bits per heavy atom. The standard InChI is InChI=1S/C21H27NO3/c1-3-5-6-9-15-25-20-14-8-7-13-19(20)21(23)22-17-11-10-12-18(16-17)24-4-2/h7-8,10-14,16H,3-6,9,15H2,1-2H3,(H,22,23). The molecule has 0 unspecified atom stereocenters. The highest BCUT2D eigenvalue weighted by molar-refractivity contribution is 6.06. The van der Waals surface area contributed by atoms with Crippen LogP contribution in [-0.4, -0.2) is 19.1 Å². The van der Waals surface area contributed by atoms with Gasteiger partial charge in [-0.2, -0.15) is 0 Å². The lowest BCUT2D eigenvalue weighted by atomic mass is 10.1.